The van der Waals surface area contributed by atoms with E-state index in [2.05, 4.69) is 27.0 Å². The fourth-order valence-corrected chi connectivity index (χ4v) is 2.96. The summed E-state index contributed by atoms with van der Waals surface area (Å²) in [6.45, 7) is 4.59. The number of halogens is 1. The van der Waals surface area contributed by atoms with Crippen molar-refractivity contribution in [2.75, 3.05) is 0 Å². The van der Waals surface area contributed by atoms with Crippen molar-refractivity contribution in [3.8, 4) is 11.5 Å². The van der Waals surface area contributed by atoms with Crippen LogP contribution in [-0.4, -0.2) is 29.1 Å². The van der Waals surface area contributed by atoms with Crippen LogP contribution in [-0.2, 0) is 13.0 Å². The molecule has 4 heterocycles. The molecule has 0 spiro atoms. The van der Waals surface area contributed by atoms with Gasteiger partial charge >= 0.3 is 0 Å². The van der Waals surface area contributed by atoms with Crippen LogP contribution in [0.2, 0.25) is 0 Å². The molecule has 0 atom stereocenters. The van der Waals surface area contributed by atoms with E-state index in [-0.39, 0.29) is 0 Å². The molecule has 25 heavy (non-hydrogen) atoms. The van der Waals surface area contributed by atoms with E-state index in [1.165, 1.54) is 6.07 Å². The standard InChI is InChI=1S/C18H17FN6/c1-3-13-15(23-25-9-7-12(2)21-17(13)25)11-24-10-8-20-18(24)14-5-4-6-16(19)22-14/h4-10H,3,11H2,1-2H3. The number of pyridine rings is 1. The summed E-state index contributed by atoms with van der Waals surface area (Å²) >= 11 is 0. The first-order valence-corrected chi connectivity index (χ1v) is 8.13. The van der Waals surface area contributed by atoms with Crippen LogP contribution in [0.15, 0.2) is 42.9 Å². The van der Waals surface area contributed by atoms with Gasteiger partial charge in [-0.05, 0) is 31.5 Å². The number of rotatable bonds is 4. The van der Waals surface area contributed by atoms with Crippen LogP contribution in [0.1, 0.15) is 23.9 Å². The van der Waals surface area contributed by atoms with E-state index in [9.17, 15) is 4.39 Å². The molecule has 0 aliphatic heterocycles. The Balaban J connectivity index is 1.77. The molecule has 6 nitrogen and oxygen atoms in total. The second-order valence-electron chi connectivity index (χ2n) is 5.84. The van der Waals surface area contributed by atoms with Gasteiger partial charge in [-0.1, -0.05) is 13.0 Å². The highest BCUT2D eigenvalue weighted by Gasteiger charge is 2.15. The summed E-state index contributed by atoms with van der Waals surface area (Å²) in [7, 11) is 0. The van der Waals surface area contributed by atoms with Gasteiger partial charge in [0.25, 0.3) is 0 Å². The van der Waals surface area contributed by atoms with E-state index in [1.54, 1.807) is 22.8 Å². The Labute approximate surface area is 144 Å². The summed E-state index contributed by atoms with van der Waals surface area (Å²) in [5.41, 5.74) is 4.37. The maximum absolute atomic E-state index is 13.4. The van der Waals surface area contributed by atoms with Gasteiger partial charge < -0.3 is 4.57 Å². The molecule has 0 aliphatic carbocycles. The molecule has 4 aromatic rings. The molecular formula is C18H17FN6. The molecule has 0 radical (unpaired) electrons. The summed E-state index contributed by atoms with van der Waals surface area (Å²) in [6, 6.07) is 6.63. The van der Waals surface area contributed by atoms with Gasteiger partial charge in [-0.15, -0.1) is 0 Å². The molecular weight excluding hydrogens is 319 g/mol. The number of imidazole rings is 1. The molecule has 0 unspecified atom stereocenters. The van der Waals surface area contributed by atoms with Crippen LogP contribution in [0.4, 0.5) is 4.39 Å². The molecule has 0 N–H and O–H groups in total. The van der Waals surface area contributed by atoms with Crippen molar-refractivity contribution in [1.82, 2.24) is 29.1 Å². The van der Waals surface area contributed by atoms with Crippen molar-refractivity contribution in [3.63, 3.8) is 0 Å². The van der Waals surface area contributed by atoms with Crippen LogP contribution < -0.4 is 0 Å². The minimum absolute atomic E-state index is 0.501. The topological polar surface area (TPSA) is 60.9 Å². The van der Waals surface area contributed by atoms with Crippen molar-refractivity contribution < 1.29 is 4.39 Å². The van der Waals surface area contributed by atoms with E-state index in [4.69, 9.17) is 0 Å². The summed E-state index contributed by atoms with van der Waals surface area (Å²) < 4.78 is 17.2. The molecule has 0 saturated carbocycles. The van der Waals surface area contributed by atoms with Gasteiger partial charge in [-0.2, -0.15) is 9.49 Å². The second-order valence-corrected chi connectivity index (χ2v) is 5.84. The Morgan fingerprint density at radius 1 is 1.12 bits per heavy atom. The molecule has 126 valence electrons. The van der Waals surface area contributed by atoms with E-state index >= 15 is 0 Å². The fourth-order valence-electron chi connectivity index (χ4n) is 2.96. The zero-order valence-electron chi connectivity index (χ0n) is 14.0. The Bertz CT molecular complexity index is 1050. The van der Waals surface area contributed by atoms with Gasteiger partial charge in [0.05, 0.1) is 12.2 Å². The Kier molecular flexibility index (Phi) is 3.76. The number of aromatic nitrogens is 6. The van der Waals surface area contributed by atoms with Crippen LogP contribution in [0.3, 0.4) is 0 Å². The normalized spacial score (nSPS) is 11.3. The largest absolute Gasteiger partial charge is 0.324 e. The predicted octanol–water partition coefficient (Wildman–Crippen LogP) is 3.05. The van der Waals surface area contributed by atoms with Crippen molar-refractivity contribution in [3.05, 3.63) is 65.8 Å². The summed E-state index contributed by atoms with van der Waals surface area (Å²) in [6.07, 6.45) is 6.29. The van der Waals surface area contributed by atoms with Crippen molar-refractivity contribution in [1.29, 1.82) is 0 Å². The lowest BCUT2D eigenvalue weighted by molar-refractivity contribution is 0.584. The van der Waals surface area contributed by atoms with E-state index in [0.29, 0.717) is 18.1 Å². The highest BCUT2D eigenvalue weighted by atomic mass is 19.1. The number of hydrogen-bond acceptors (Lipinski definition) is 4. The van der Waals surface area contributed by atoms with Crippen molar-refractivity contribution >= 4 is 5.65 Å². The average molecular weight is 336 g/mol. The molecule has 4 aromatic heterocycles. The third-order valence-corrected chi connectivity index (χ3v) is 4.14. The second kappa shape index (κ2) is 6.08. The Hall–Kier alpha value is -3.09. The van der Waals surface area contributed by atoms with Gasteiger partial charge in [-0.25, -0.2) is 19.5 Å². The maximum Gasteiger partial charge on any atom is 0.213 e. The van der Waals surface area contributed by atoms with E-state index in [1.807, 2.05) is 30.0 Å². The molecule has 7 heteroatoms. The highest BCUT2D eigenvalue weighted by Crippen LogP contribution is 2.20. The summed E-state index contributed by atoms with van der Waals surface area (Å²) in [4.78, 5) is 12.9. The highest BCUT2D eigenvalue weighted by molar-refractivity contribution is 5.52. The number of nitrogens with zero attached hydrogens (tertiary/aromatic N) is 6. The van der Waals surface area contributed by atoms with Gasteiger partial charge in [-0.3, -0.25) is 0 Å². The predicted molar refractivity (Wildman–Crippen MR) is 91.6 cm³/mol. The first kappa shape index (κ1) is 15.4. The zero-order chi connectivity index (χ0) is 17.4. The van der Waals surface area contributed by atoms with Gasteiger partial charge in [0, 0.05) is 29.8 Å². The number of hydrogen-bond donors (Lipinski definition) is 0. The van der Waals surface area contributed by atoms with Crippen LogP contribution in [0.5, 0.6) is 0 Å². The van der Waals surface area contributed by atoms with Crippen LogP contribution >= 0.6 is 0 Å². The molecule has 0 aliphatic rings. The first-order valence-electron chi connectivity index (χ1n) is 8.13. The van der Waals surface area contributed by atoms with Crippen molar-refractivity contribution in [2.45, 2.75) is 26.8 Å². The summed E-state index contributed by atoms with van der Waals surface area (Å²) in [5, 5.41) is 4.66. The SMILES string of the molecule is CCc1c(Cn2ccnc2-c2cccc(F)n2)nn2ccc(C)nc12. The lowest BCUT2D eigenvalue weighted by atomic mass is 10.2. The first-order chi connectivity index (χ1) is 12.2. The lowest BCUT2D eigenvalue weighted by Gasteiger charge is -2.07. The van der Waals surface area contributed by atoms with E-state index < -0.39 is 5.95 Å². The van der Waals surface area contributed by atoms with Crippen LogP contribution in [0, 0.1) is 12.9 Å². The van der Waals surface area contributed by atoms with Crippen LogP contribution in [0.25, 0.3) is 17.2 Å². The smallest absolute Gasteiger partial charge is 0.213 e. The molecule has 0 amide bonds. The van der Waals surface area contributed by atoms with Gasteiger partial charge in [0.15, 0.2) is 11.5 Å². The molecule has 4 rings (SSSR count). The van der Waals surface area contributed by atoms with Crippen molar-refractivity contribution in [2.24, 2.45) is 0 Å². The lowest BCUT2D eigenvalue weighted by Crippen LogP contribution is -2.05. The van der Waals surface area contributed by atoms with E-state index in [0.717, 1.165) is 29.0 Å². The molecule has 0 aromatic carbocycles. The molecule has 0 bridgehead atoms. The fraction of sp³-hybridized carbons (Fsp3) is 0.222. The van der Waals surface area contributed by atoms with Gasteiger partial charge in [0.1, 0.15) is 5.69 Å². The average Bonchev–Trinajstić information content (AvgIpc) is 3.19. The molecule has 0 fully saturated rings. The summed E-state index contributed by atoms with van der Waals surface area (Å²) in [5.74, 6) is 0.0939. The maximum atomic E-state index is 13.4. The zero-order valence-corrected chi connectivity index (χ0v) is 14.0. The Morgan fingerprint density at radius 2 is 2.00 bits per heavy atom. The monoisotopic (exact) mass is 336 g/mol. The molecule has 0 saturated heterocycles. The third-order valence-electron chi connectivity index (χ3n) is 4.14. The quantitative estimate of drug-likeness (QED) is 0.538. The third kappa shape index (κ3) is 2.77. The minimum atomic E-state index is -0.520. The number of aryl methyl sites for hydroxylation is 2. The number of fused-ring (bicyclic) bond motifs is 1. The van der Waals surface area contributed by atoms with Gasteiger partial charge in [0.2, 0.25) is 5.95 Å². The minimum Gasteiger partial charge on any atom is -0.324 e. The Morgan fingerprint density at radius 3 is 2.80 bits per heavy atom.